The molecule has 20 heavy (non-hydrogen) atoms. The Labute approximate surface area is 122 Å². The minimum atomic E-state index is 0.941. The Morgan fingerprint density at radius 2 is 2.20 bits per heavy atom. The van der Waals surface area contributed by atoms with Crippen molar-refractivity contribution >= 4 is 0 Å². The summed E-state index contributed by atoms with van der Waals surface area (Å²) in [5, 5.41) is 3.32. The van der Waals surface area contributed by atoms with Crippen molar-refractivity contribution in [3.05, 3.63) is 83.6 Å². The second kappa shape index (κ2) is 7.66. The molecule has 0 amide bonds. The highest BCUT2D eigenvalue weighted by Gasteiger charge is 1.99. The van der Waals surface area contributed by atoms with Crippen LogP contribution in [0, 0.1) is 0 Å². The van der Waals surface area contributed by atoms with Crippen molar-refractivity contribution in [2.24, 2.45) is 0 Å². The first-order valence-corrected chi connectivity index (χ1v) is 7.23. The van der Waals surface area contributed by atoms with Crippen LogP contribution in [0.25, 0.3) is 0 Å². The second-order valence-corrected chi connectivity index (χ2v) is 5.23. The predicted molar refractivity (Wildman–Crippen MR) is 88.6 cm³/mol. The molecule has 1 heteroatoms. The van der Waals surface area contributed by atoms with E-state index in [9.17, 15) is 0 Å². The summed E-state index contributed by atoms with van der Waals surface area (Å²) in [6.07, 6.45) is 21.6. The SMILES string of the molecule is C=CC(/C=C\C1=CC=C(C)CC1)=C\C=C1\C=CCNC1. The maximum absolute atomic E-state index is 3.89. The van der Waals surface area contributed by atoms with E-state index in [0.717, 1.165) is 25.1 Å². The van der Waals surface area contributed by atoms with Crippen LogP contribution in [0.2, 0.25) is 0 Å². The fourth-order valence-corrected chi connectivity index (χ4v) is 2.18. The maximum atomic E-state index is 3.89. The van der Waals surface area contributed by atoms with Gasteiger partial charge in [-0.3, -0.25) is 0 Å². The van der Waals surface area contributed by atoms with E-state index in [4.69, 9.17) is 0 Å². The first kappa shape index (κ1) is 14.5. The topological polar surface area (TPSA) is 12.0 Å². The van der Waals surface area contributed by atoms with Crippen LogP contribution in [0.1, 0.15) is 19.8 Å². The molecule has 0 saturated heterocycles. The van der Waals surface area contributed by atoms with Crippen LogP contribution in [-0.4, -0.2) is 13.1 Å². The van der Waals surface area contributed by atoms with Gasteiger partial charge < -0.3 is 5.32 Å². The molecule has 0 aromatic carbocycles. The number of allylic oxidation sites excluding steroid dienone is 10. The number of hydrogen-bond donors (Lipinski definition) is 1. The smallest absolute Gasteiger partial charge is 0.0208 e. The molecule has 0 unspecified atom stereocenters. The summed E-state index contributed by atoms with van der Waals surface area (Å²) in [5.41, 5.74) is 5.29. The van der Waals surface area contributed by atoms with Crippen LogP contribution in [0.3, 0.4) is 0 Å². The largest absolute Gasteiger partial charge is 0.309 e. The van der Waals surface area contributed by atoms with Crippen molar-refractivity contribution in [2.75, 3.05) is 13.1 Å². The third kappa shape index (κ3) is 4.67. The Kier molecular flexibility index (Phi) is 5.57. The van der Waals surface area contributed by atoms with Crippen molar-refractivity contribution in [2.45, 2.75) is 19.8 Å². The Morgan fingerprint density at radius 1 is 1.30 bits per heavy atom. The molecule has 1 aliphatic carbocycles. The Morgan fingerprint density at radius 3 is 2.85 bits per heavy atom. The van der Waals surface area contributed by atoms with Crippen molar-refractivity contribution in [1.82, 2.24) is 5.32 Å². The molecule has 1 nitrogen and oxygen atoms in total. The number of rotatable bonds is 4. The van der Waals surface area contributed by atoms with Crippen LogP contribution in [0.4, 0.5) is 0 Å². The lowest BCUT2D eigenvalue weighted by molar-refractivity contribution is 0.804. The molecule has 0 radical (unpaired) electrons. The van der Waals surface area contributed by atoms with Crippen LogP contribution < -0.4 is 5.32 Å². The predicted octanol–water partition coefficient (Wildman–Crippen LogP) is 4.41. The molecule has 0 fully saturated rings. The summed E-state index contributed by atoms with van der Waals surface area (Å²) in [5.74, 6) is 0. The van der Waals surface area contributed by atoms with E-state index in [-0.39, 0.29) is 0 Å². The highest BCUT2D eigenvalue weighted by Crippen LogP contribution is 2.19. The minimum absolute atomic E-state index is 0.941. The fraction of sp³-hybridized carbons (Fsp3) is 0.263. The normalized spacial score (nSPS) is 22.1. The Balaban J connectivity index is 2.03. The zero-order valence-corrected chi connectivity index (χ0v) is 12.2. The maximum Gasteiger partial charge on any atom is 0.0208 e. The number of nitrogens with one attached hydrogen (secondary N) is 1. The van der Waals surface area contributed by atoms with Gasteiger partial charge in [-0.25, -0.2) is 0 Å². The molecular weight excluding hydrogens is 242 g/mol. The summed E-state index contributed by atoms with van der Waals surface area (Å²) in [6.45, 7) is 7.98. The van der Waals surface area contributed by atoms with Gasteiger partial charge in [-0.2, -0.15) is 0 Å². The molecule has 0 bridgehead atoms. The highest BCUT2D eigenvalue weighted by atomic mass is 14.8. The summed E-state index contributed by atoms with van der Waals surface area (Å²) in [4.78, 5) is 0. The average molecular weight is 265 g/mol. The van der Waals surface area contributed by atoms with Crippen molar-refractivity contribution in [3.8, 4) is 0 Å². The Bertz CT molecular complexity index is 536. The zero-order valence-electron chi connectivity index (χ0n) is 12.2. The molecule has 0 saturated carbocycles. The van der Waals surface area contributed by atoms with Gasteiger partial charge in [0.2, 0.25) is 0 Å². The van der Waals surface area contributed by atoms with Gasteiger partial charge in [0.15, 0.2) is 0 Å². The van der Waals surface area contributed by atoms with Gasteiger partial charge in [0.25, 0.3) is 0 Å². The molecule has 1 heterocycles. The van der Waals surface area contributed by atoms with E-state index in [1.807, 2.05) is 6.08 Å². The first-order chi connectivity index (χ1) is 9.78. The lowest BCUT2D eigenvalue weighted by Gasteiger charge is -2.08. The van der Waals surface area contributed by atoms with E-state index in [1.165, 1.54) is 23.1 Å². The lowest BCUT2D eigenvalue weighted by Crippen LogP contribution is -2.19. The summed E-state index contributed by atoms with van der Waals surface area (Å²) >= 11 is 0. The lowest BCUT2D eigenvalue weighted by atomic mass is 9.98. The first-order valence-electron chi connectivity index (χ1n) is 7.23. The summed E-state index contributed by atoms with van der Waals surface area (Å²) < 4.78 is 0. The monoisotopic (exact) mass is 265 g/mol. The van der Waals surface area contributed by atoms with Gasteiger partial charge in [0.05, 0.1) is 0 Å². The van der Waals surface area contributed by atoms with Gasteiger partial charge >= 0.3 is 0 Å². The molecular formula is C19H23N. The molecule has 0 aromatic heterocycles. The van der Waals surface area contributed by atoms with E-state index in [2.05, 4.69) is 67.4 Å². The van der Waals surface area contributed by atoms with Gasteiger partial charge in [0, 0.05) is 13.1 Å². The summed E-state index contributed by atoms with van der Waals surface area (Å²) in [7, 11) is 0. The number of hydrogen-bond acceptors (Lipinski definition) is 1. The molecule has 104 valence electrons. The molecule has 0 spiro atoms. The van der Waals surface area contributed by atoms with Crippen LogP contribution >= 0.6 is 0 Å². The van der Waals surface area contributed by atoms with Crippen LogP contribution in [0.5, 0.6) is 0 Å². The molecule has 1 N–H and O–H groups in total. The molecule has 0 atom stereocenters. The van der Waals surface area contributed by atoms with Gasteiger partial charge in [-0.05, 0) is 36.5 Å². The average Bonchev–Trinajstić information content (AvgIpc) is 2.50. The van der Waals surface area contributed by atoms with E-state index < -0.39 is 0 Å². The Hall–Kier alpha value is -1.86. The standard InChI is InChI=1S/C19H23N/c1-3-17(11-13-19-5-4-14-20-15-19)10-12-18-8-6-16(2)7-9-18/h3-6,8,10-13,20H,1,7,9,14-15H2,2H3/b12-10-,17-11+,19-13-. The van der Waals surface area contributed by atoms with E-state index in [1.54, 1.807) is 0 Å². The molecule has 0 aromatic rings. The van der Waals surface area contributed by atoms with E-state index >= 15 is 0 Å². The fourth-order valence-electron chi connectivity index (χ4n) is 2.18. The van der Waals surface area contributed by atoms with Crippen molar-refractivity contribution in [1.29, 1.82) is 0 Å². The highest BCUT2D eigenvalue weighted by molar-refractivity contribution is 5.40. The summed E-state index contributed by atoms with van der Waals surface area (Å²) in [6, 6.07) is 0. The zero-order chi connectivity index (χ0) is 14.2. The molecule has 2 rings (SSSR count). The van der Waals surface area contributed by atoms with E-state index in [0.29, 0.717) is 0 Å². The second-order valence-electron chi connectivity index (χ2n) is 5.23. The van der Waals surface area contributed by atoms with Crippen LogP contribution in [0.15, 0.2) is 83.6 Å². The molecule has 2 aliphatic rings. The molecule has 1 aliphatic heterocycles. The van der Waals surface area contributed by atoms with Crippen molar-refractivity contribution < 1.29 is 0 Å². The van der Waals surface area contributed by atoms with Crippen LogP contribution in [-0.2, 0) is 0 Å². The van der Waals surface area contributed by atoms with Gasteiger partial charge in [0.1, 0.15) is 0 Å². The van der Waals surface area contributed by atoms with Crippen molar-refractivity contribution in [3.63, 3.8) is 0 Å². The third-order valence-electron chi connectivity index (χ3n) is 3.53. The van der Waals surface area contributed by atoms with Gasteiger partial charge in [-0.1, -0.05) is 66.8 Å². The minimum Gasteiger partial charge on any atom is -0.309 e. The van der Waals surface area contributed by atoms with Gasteiger partial charge in [-0.15, -0.1) is 0 Å². The third-order valence-corrected chi connectivity index (χ3v) is 3.53. The quantitative estimate of drug-likeness (QED) is 0.743.